The van der Waals surface area contributed by atoms with Gasteiger partial charge in [-0.05, 0) is 35.4 Å². The largest absolute Gasteiger partial charge is 0.465 e. The molecular formula is C25H24N2O6. The summed E-state index contributed by atoms with van der Waals surface area (Å²) in [6, 6.07) is 16.5. The van der Waals surface area contributed by atoms with Crippen molar-refractivity contribution in [1.29, 1.82) is 0 Å². The molecule has 1 aliphatic rings. The van der Waals surface area contributed by atoms with E-state index in [0.717, 1.165) is 11.1 Å². The minimum atomic E-state index is -0.682. The van der Waals surface area contributed by atoms with Crippen LogP contribution in [0.5, 0.6) is 0 Å². The van der Waals surface area contributed by atoms with Crippen LogP contribution in [0.4, 0.5) is 10.5 Å². The maximum atomic E-state index is 12.5. The van der Waals surface area contributed by atoms with Crippen LogP contribution < -0.4 is 10.2 Å². The highest BCUT2D eigenvalue weighted by atomic mass is 16.5. The van der Waals surface area contributed by atoms with Crippen molar-refractivity contribution in [3.63, 3.8) is 0 Å². The number of nitrogens with zero attached hydrogens (tertiary/aromatic N) is 1. The molecule has 8 nitrogen and oxygen atoms in total. The summed E-state index contributed by atoms with van der Waals surface area (Å²) >= 11 is 0. The Labute approximate surface area is 191 Å². The zero-order valence-electron chi connectivity index (χ0n) is 18.3. The van der Waals surface area contributed by atoms with Gasteiger partial charge in [-0.3, -0.25) is 0 Å². The summed E-state index contributed by atoms with van der Waals surface area (Å²) in [5.41, 5.74) is 2.44. The number of carbonyl (C=O) groups excluding carboxylic acids is 3. The van der Waals surface area contributed by atoms with E-state index in [-0.39, 0.29) is 24.4 Å². The topological polar surface area (TPSA) is 94.2 Å². The fourth-order valence-corrected chi connectivity index (χ4v) is 3.09. The third-order valence-corrected chi connectivity index (χ3v) is 4.75. The lowest BCUT2D eigenvalue weighted by atomic mass is 10.1. The molecule has 8 heteroatoms. The summed E-state index contributed by atoms with van der Waals surface area (Å²) in [6.07, 6.45) is 5.94. The number of methoxy groups -OCH3 is 2. The van der Waals surface area contributed by atoms with Crippen LogP contribution in [0.1, 0.15) is 11.1 Å². The van der Waals surface area contributed by atoms with Crippen molar-refractivity contribution in [1.82, 2.24) is 5.32 Å². The number of hydrogen-bond donors (Lipinski definition) is 1. The van der Waals surface area contributed by atoms with E-state index in [0.29, 0.717) is 5.69 Å². The Hall–Kier alpha value is -4.33. The number of anilines is 1. The zero-order chi connectivity index (χ0) is 23.6. The van der Waals surface area contributed by atoms with Crippen LogP contribution in [0.2, 0.25) is 0 Å². The summed E-state index contributed by atoms with van der Waals surface area (Å²) in [4.78, 5) is 38.2. The average Bonchev–Trinajstić information content (AvgIpc) is 3.09. The average molecular weight is 448 g/mol. The fraction of sp³-hybridized carbons (Fsp3) is 0.160. The number of ether oxygens (including phenoxy) is 3. The first-order valence-electron chi connectivity index (χ1n) is 10.1. The van der Waals surface area contributed by atoms with Gasteiger partial charge < -0.3 is 24.4 Å². The van der Waals surface area contributed by atoms with Crippen molar-refractivity contribution in [2.75, 3.05) is 19.1 Å². The van der Waals surface area contributed by atoms with Gasteiger partial charge in [0.25, 0.3) is 0 Å². The molecule has 0 aliphatic carbocycles. The van der Waals surface area contributed by atoms with Crippen LogP contribution in [0.25, 0.3) is 0 Å². The predicted molar refractivity (Wildman–Crippen MR) is 122 cm³/mol. The van der Waals surface area contributed by atoms with Gasteiger partial charge >= 0.3 is 18.0 Å². The number of esters is 2. The molecule has 1 aliphatic heterocycles. The van der Waals surface area contributed by atoms with E-state index in [1.807, 2.05) is 30.3 Å². The Kier molecular flexibility index (Phi) is 8.02. The summed E-state index contributed by atoms with van der Waals surface area (Å²) in [5, 5.41) is 2.70. The molecule has 0 saturated carbocycles. The first kappa shape index (κ1) is 23.3. The molecule has 0 spiro atoms. The van der Waals surface area contributed by atoms with Crippen LogP contribution in [-0.4, -0.2) is 32.3 Å². The second kappa shape index (κ2) is 11.3. The summed E-state index contributed by atoms with van der Waals surface area (Å²) < 4.78 is 14.9. The number of rotatable bonds is 7. The molecule has 1 heterocycles. The summed E-state index contributed by atoms with van der Waals surface area (Å²) in [7, 11) is 2.49. The number of alkyl carbamates (subject to hydrolysis) is 1. The first-order chi connectivity index (χ1) is 16.0. The molecule has 170 valence electrons. The maximum absolute atomic E-state index is 12.5. The highest BCUT2D eigenvalue weighted by molar-refractivity contribution is 6.05. The van der Waals surface area contributed by atoms with E-state index in [4.69, 9.17) is 14.2 Å². The minimum absolute atomic E-state index is 0.0321. The first-order valence-corrected chi connectivity index (χ1v) is 10.1. The van der Waals surface area contributed by atoms with Crippen molar-refractivity contribution in [3.05, 3.63) is 101 Å². The number of hydrogen-bond acceptors (Lipinski definition) is 7. The van der Waals surface area contributed by atoms with Crippen LogP contribution in [0, 0.1) is 0 Å². The lowest BCUT2D eigenvalue weighted by molar-refractivity contribution is -0.139. The third kappa shape index (κ3) is 6.10. The molecule has 33 heavy (non-hydrogen) atoms. The SMILES string of the molecule is COC(=O)C1=C(C(=O)OC)N(c2ccc(CNC(=O)OCc3ccccc3)cc2)C=CC=C1. The Morgan fingerprint density at radius 2 is 1.55 bits per heavy atom. The molecule has 0 saturated heterocycles. The van der Waals surface area contributed by atoms with Gasteiger partial charge in [0.1, 0.15) is 12.3 Å². The van der Waals surface area contributed by atoms with Crippen molar-refractivity contribution < 1.29 is 28.6 Å². The molecule has 1 N–H and O–H groups in total. The van der Waals surface area contributed by atoms with Crippen LogP contribution in [0.15, 0.2) is 90.3 Å². The van der Waals surface area contributed by atoms with Crippen molar-refractivity contribution in [3.8, 4) is 0 Å². The van der Waals surface area contributed by atoms with E-state index in [2.05, 4.69) is 5.32 Å². The van der Waals surface area contributed by atoms with E-state index in [9.17, 15) is 14.4 Å². The number of nitrogens with one attached hydrogen (secondary N) is 1. The van der Waals surface area contributed by atoms with Gasteiger partial charge in [-0.2, -0.15) is 0 Å². The number of amides is 1. The van der Waals surface area contributed by atoms with Gasteiger partial charge in [0.05, 0.1) is 19.8 Å². The number of carbonyl (C=O) groups is 3. The van der Waals surface area contributed by atoms with E-state index >= 15 is 0 Å². The van der Waals surface area contributed by atoms with Gasteiger partial charge in [0, 0.05) is 18.4 Å². The quantitative estimate of drug-likeness (QED) is 0.511. The molecule has 2 aromatic rings. The Morgan fingerprint density at radius 1 is 0.848 bits per heavy atom. The Bertz CT molecular complexity index is 1090. The smallest absolute Gasteiger partial charge is 0.407 e. The van der Waals surface area contributed by atoms with Crippen molar-refractivity contribution in [2.24, 2.45) is 0 Å². The van der Waals surface area contributed by atoms with Gasteiger partial charge in [-0.15, -0.1) is 0 Å². The van der Waals surface area contributed by atoms with Gasteiger partial charge in [0.15, 0.2) is 0 Å². The molecular weight excluding hydrogens is 424 g/mol. The van der Waals surface area contributed by atoms with Crippen LogP contribution >= 0.6 is 0 Å². The molecule has 0 bridgehead atoms. The van der Waals surface area contributed by atoms with Gasteiger partial charge in [-0.1, -0.05) is 48.5 Å². The Balaban J connectivity index is 1.69. The second-order valence-electron chi connectivity index (χ2n) is 6.90. The van der Waals surface area contributed by atoms with Gasteiger partial charge in [-0.25, -0.2) is 14.4 Å². The zero-order valence-corrected chi connectivity index (χ0v) is 18.3. The predicted octanol–water partition coefficient (Wildman–Crippen LogP) is 3.60. The molecule has 0 atom stereocenters. The van der Waals surface area contributed by atoms with Crippen LogP contribution in [0.3, 0.4) is 0 Å². The molecule has 0 aromatic heterocycles. The summed E-state index contributed by atoms with van der Waals surface area (Å²) in [5.74, 6) is -1.34. The highest BCUT2D eigenvalue weighted by Gasteiger charge is 2.27. The maximum Gasteiger partial charge on any atom is 0.407 e. The lowest BCUT2D eigenvalue weighted by Gasteiger charge is -2.23. The molecule has 0 unspecified atom stereocenters. The lowest BCUT2D eigenvalue weighted by Crippen LogP contribution is -2.27. The van der Waals surface area contributed by atoms with E-state index in [1.165, 1.54) is 20.3 Å². The molecule has 1 amide bonds. The van der Waals surface area contributed by atoms with Gasteiger partial charge in [0.2, 0.25) is 0 Å². The molecule has 2 aromatic carbocycles. The molecule has 3 rings (SSSR count). The normalized spacial score (nSPS) is 12.7. The fourth-order valence-electron chi connectivity index (χ4n) is 3.09. The van der Waals surface area contributed by atoms with Crippen molar-refractivity contribution in [2.45, 2.75) is 13.2 Å². The highest BCUT2D eigenvalue weighted by Crippen LogP contribution is 2.26. The minimum Gasteiger partial charge on any atom is -0.465 e. The van der Waals surface area contributed by atoms with E-state index < -0.39 is 18.0 Å². The molecule has 0 radical (unpaired) electrons. The van der Waals surface area contributed by atoms with E-state index in [1.54, 1.807) is 47.5 Å². The standard InChI is InChI=1S/C25H24N2O6/c1-31-23(28)21-10-6-7-15-27(22(21)24(29)32-2)20-13-11-18(12-14-20)16-26-25(30)33-17-19-8-4-3-5-9-19/h3-15H,16-17H2,1-2H3,(H,26,30). The second-order valence-corrected chi connectivity index (χ2v) is 6.90. The summed E-state index contributed by atoms with van der Waals surface area (Å²) in [6.45, 7) is 0.449. The van der Waals surface area contributed by atoms with Crippen LogP contribution in [-0.2, 0) is 37.0 Å². The number of allylic oxidation sites excluding steroid dienone is 2. The monoisotopic (exact) mass is 448 g/mol. The molecule has 0 fully saturated rings. The van der Waals surface area contributed by atoms with Crippen molar-refractivity contribution >= 4 is 23.7 Å². The Morgan fingerprint density at radius 3 is 2.21 bits per heavy atom. The third-order valence-electron chi connectivity index (χ3n) is 4.75. The number of benzene rings is 2.